The van der Waals surface area contributed by atoms with E-state index in [1.807, 2.05) is 60.7 Å². The lowest BCUT2D eigenvalue weighted by Gasteiger charge is -2.31. The molecule has 27 heavy (non-hydrogen) atoms. The summed E-state index contributed by atoms with van der Waals surface area (Å²) in [7, 11) is 0. The van der Waals surface area contributed by atoms with Crippen LogP contribution in [-0.2, 0) is 11.2 Å². The Morgan fingerprint density at radius 1 is 1.19 bits per heavy atom. The molecule has 1 fully saturated rings. The number of para-hydroxylation sites is 1. The molecule has 144 valence electrons. The van der Waals surface area contributed by atoms with Gasteiger partial charge in [-0.3, -0.25) is 9.59 Å². The van der Waals surface area contributed by atoms with Crippen LogP contribution in [0.4, 0.5) is 0 Å². The van der Waals surface area contributed by atoms with Gasteiger partial charge in [0.2, 0.25) is 5.91 Å². The molecule has 3 rings (SSSR count). The third kappa shape index (κ3) is 4.21. The topological polar surface area (TPSA) is 67.2 Å². The van der Waals surface area contributed by atoms with Crippen LogP contribution in [0.25, 0.3) is 5.69 Å². The summed E-state index contributed by atoms with van der Waals surface area (Å²) in [6.45, 7) is 7.18. The van der Waals surface area contributed by atoms with Crippen molar-refractivity contribution in [1.29, 1.82) is 0 Å². The Bertz CT molecular complexity index is 790. The molecule has 1 aliphatic heterocycles. The Hall–Kier alpha value is -2.63. The molecule has 6 heteroatoms. The zero-order valence-electron chi connectivity index (χ0n) is 16.3. The number of nitrogens with zero attached hydrogens (tertiary/aromatic N) is 3. The van der Waals surface area contributed by atoms with E-state index in [1.165, 1.54) is 0 Å². The number of aromatic nitrogens is 2. The van der Waals surface area contributed by atoms with E-state index in [0.29, 0.717) is 31.5 Å². The number of hydrogen-bond donors (Lipinski definition) is 1. The van der Waals surface area contributed by atoms with E-state index in [1.54, 1.807) is 6.20 Å². The van der Waals surface area contributed by atoms with E-state index in [9.17, 15) is 9.59 Å². The number of hydrogen-bond acceptors (Lipinski definition) is 3. The molecule has 6 nitrogen and oxygen atoms in total. The molecule has 0 radical (unpaired) electrons. The van der Waals surface area contributed by atoms with Crippen LogP contribution in [-0.4, -0.2) is 45.6 Å². The van der Waals surface area contributed by atoms with Gasteiger partial charge in [-0.1, -0.05) is 25.1 Å². The summed E-state index contributed by atoms with van der Waals surface area (Å²) in [5.74, 6) is 0.106. The Kier molecular flexibility index (Phi) is 5.94. The Morgan fingerprint density at radius 2 is 1.85 bits per heavy atom. The lowest BCUT2D eigenvalue weighted by molar-refractivity contribution is -0.126. The fourth-order valence-corrected chi connectivity index (χ4v) is 3.60. The molecule has 2 heterocycles. The first-order valence-electron chi connectivity index (χ1n) is 9.73. The molecule has 0 bridgehead atoms. The van der Waals surface area contributed by atoms with E-state index < -0.39 is 0 Å². The van der Waals surface area contributed by atoms with E-state index in [2.05, 4.69) is 10.4 Å². The van der Waals surface area contributed by atoms with Crippen LogP contribution in [0.15, 0.2) is 36.5 Å². The zero-order valence-corrected chi connectivity index (χ0v) is 16.3. The quantitative estimate of drug-likeness (QED) is 0.882. The summed E-state index contributed by atoms with van der Waals surface area (Å²) in [6, 6.07) is 10.0. The summed E-state index contributed by atoms with van der Waals surface area (Å²) in [5, 5.41) is 7.43. The lowest BCUT2D eigenvalue weighted by Crippen LogP contribution is -2.44. The standard InChI is InChI=1S/C21H28N4O2/c1-4-19-18(14-22-25(19)17-8-6-5-7-9-17)21(27)24-12-10-16(11-13-24)20(26)23-15(2)3/h5-9,14-16H,4,10-13H2,1-3H3,(H,23,26). The maximum absolute atomic E-state index is 13.1. The molecule has 0 atom stereocenters. The van der Waals surface area contributed by atoms with Crippen LogP contribution in [0.1, 0.15) is 49.7 Å². The number of nitrogens with one attached hydrogen (secondary N) is 1. The third-order valence-electron chi connectivity index (χ3n) is 5.02. The number of benzene rings is 1. The van der Waals surface area contributed by atoms with Gasteiger partial charge in [0, 0.05) is 25.0 Å². The molecule has 0 unspecified atom stereocenters. The van der Waals surface area contributed by atoms with Gasteiger partial charge in [0.25, 0.3) is 5.91 Å². The number of amides is 2. The highest BCUT2D eigenvalue weighted by molar-refractivity contribution is 5.95. The van der Waals surface area contributed by atoms with Crippen molar-refractivity contribution in [3.63, 3.8) is 0 Å². The summed E-state index contributed by atoms with van der Waals surface area (Å²) < 4.78 is 1.84. The van der Waals surface area contributed by atoms with Crippen molar-refractivity contribution in [2.45, 2.75) is 46.1 Å². The van der Waals surface area contributed by atoms with Crippen LogP contribution in [0, 0.1) is 5.92 Å². The number of carbonyl (C=O) groups excluding carboxylic acids is 2. The highest BCUT2D eigenvalue weighted by atomic mass is 16.2. The van der Waals surface area contributed by atoms with E-state index in [4.69, 9.17) is 0 Å². The molecule has 1 aliphatic rings. The fourth-order valence-electron chi connectivity index (χ4n) is 3.60. The summed E-state index contributed by atoms with van der Waals surface area (Å²) in [6.07, 6.45) is 3.81. The van der Waals surface area contributed by atoms with E-state index >= 15 is 0 Å². The predicted octanol–water partition coefficient (Wildman–Crippen LogP) is 2.81. The van der Waals surface area contributed by atoms with Gasteiger partial charge in [-0.05, 0) is 45.2 Å². The molecule has 2 amide bonds. The van der Waals surface area contributed by atoms with Crippen LogP contribution < -0.4 is 5.32 Å². The number of carbonyl (C=O) groups is 2. The van der Waals surface area contributed by atoms with Gasteiger partial charge in [-0.2, -0.15) is 5.10 Å². The average Bonchev–Trinajstić information content (AvgIpc) is 3.11. The van der Waals surface area contributed by atoms with Gasteiger partial charge in [0.05, 0.1) is 23.1 Å². The molecular formula is C21H28N4O2. The number of piperidine rings is 1. The SMILES string of the molecule is CCc1c(C(=O)N2CCC(C(=O)NC(C)C)CC2)cnn1-c1ccccc1. The second-order valence-electron chi connectivity index (χ2n) is 7.34. The molecule has 2 aromatic rings. The van der Waals surface area contributed by atoms with Gasteiger partial charge in [0.15, 0.2) is 0 Å². The Morgan fingerprint density at radius 3 is 2.44 bits per heavy atom. The Balaban J connectivity index is 1.71. The molecule has 1 aromatic carbocycles. The first-order chi connectivity index (χ1) is 13.0. The second-order valence-corrected chi connectivity index (χ2v) is 7.34. The maximum Gasteiger partial charge on any atom is 0.257 e. The van der Waals surface area contributed by atoms with Crippen molar-refractivity contribution in [3.8, 4) is 5.69 Å². The monoisotopic (exact) mass is 368 g/mol. The summed E-state index contributed by atoms with van der Waals surface area (Å²) >= 11 is 0. The van der Waals surface area contributed by atoms with Gasteiger partial charge < -0.3 is 10.2 Å². The van der Waals surface area contributed by atoms with E-state index in [0.717, 1.165) is 17.8 Å². The largest absolute Gasteiger partial charge is 0.354 e. The fraction of sp³-hybridized carbons (Fsp3) is 0.476. The van der Waals surface area contributed by atoms with Crippen molar-refractivity contribution < 1.29 is 9.59 Å². The first kappa shape index (κ1) is 19.1. The van der Waals surface area contributed by atoms with Crippen LogP contribution >= 0.6 is 0 Å². The van der Waals surface area contributed by atoms with Crippen LogP contribution in [0.5, 0.6) is 0 Å². The minimum Gasteiger partial charge on any atom is -0.354 e. The minimum absolute atomic E-state index is 0.00543. The van der Waals surface area contributed by atoms with Crippen molar-refractivity contribution in [3.05, 3.63) is 47.8 Å². The molecular weight excluding hydrogens is 340 g/mol. The van der Waals surface area contributed by atoms with Crippen molar-refractivity contribution >= 4 is 11.8 Å². The van der Waals surface area contributed by atoms with Crippen molar-refractivity contribution in [1.82, 2.24) is 20.0 Å². The van der Waals surface area contributed by atoms with Crippen molar-refractivity contribution in [2.24, 2.45) is 5.92 Å². The lowest BCUT2D eigenvalue weighted by atomic mass is 9.95. The predicted molar refractivity (Wildman–Crippen MR) is 105 cm³/mol. The zero-order chi connectivity index (χ0) is 19.4. The number of rotatable bonds is 5. The average molecular weight is 368 g/mol. The second kappa shape index (κ2) is 8.37. The van der Waals surface area contributed by atoms with Crippen molar-refractivity contribution in [2.75, 3.05) is 13.1 Å². The maximum atomic E-state index is 13.1. The summed E-state index contributed by atoms with van der Waals surface area (Å²) in [5.41, 5.74) is 2.54. The Labute approximate surface area is 160 Å². The molecule has 1 aromatic heterocycles. The highest BCUT2D eigenvalue weighted by Gasteiger charge is 2.29. The molecule has 1 saturated heterocycles. The smallest absolute Gasteiger partial charge is 0.257 e. The van der Waals surface area contributed by atoms with Gasteiger partial charge in [0.1, 0.15) is 0 Å². The molecule has 1 N–H and O–H groups in total. The molecule has 0 aliphatic carbocycles. The highest BCUT2D eigenvalue weighted by Crippen LogP contribution is 2.22. The summed E-state index contributed by atoms with van der Waals surface area (Å²) in [4.78, 5) is 27.1. The van der Waals surface area contributed by atoms with Gasteiger partial charge in [-0.15, -0.1) is 0 Å². The first-order valence-corrected chi connectivity index (χ1v) is 9.73. The molecule has 0 saturated carbocycles. The van der Waals surface area contributed by atoms with E-state index in [-0.39, 0.29) is 23.8 Å². The third-order valence-corrected chi connectivity index (χ3v) is 5.02. The van der Waals surface area contributed by atoms with Gasteiger partial charge >= 0.3 is 0 Å². The normalized spacial score (nSPS) is 15.2. The van der Waals surface area contributed by atoms with Gasteiger partial charge in [-0.25, -0.2) is 4.68 Å². The van der Waals surface area contributed by atoms with Crippen LogP contribution in [0.2, 0.25) is 0 Å². The number of likely N-dealkylation sites (tertiary alicyclic amines) is 1. The minimum atomic E-state index is -0.00543. The molecule has 0 spiro atoms. The van der Waals surface area contributed by atoms with Crippen LogP contribution in [0.3, 0.4) is 0 Å².